The standard InChI is InChI=1S/C16H18N2OS/c1-3-14-13(12-6-4-5-7-15(12)19-14)8-17-9-16-11(2)18-10-20-16/h4-7,10,17H,3,8-9H2,1-2H3. The van der Waals surface area contributed by atoms with E-state index in [-0.39, 0.29) is 0 Å². The lowest BCUT2D eigenvalue weighted by molar-refractivity contribution is 0.544. The maximum absolute atomic E-state index is 5.91. The zero-order valence-electron chi connectivity index (χ0n) is 11.8. The van der Waals surface area contributed by atoms with Gasteiger partial charge in [0, 0.05) is 35.3 Å². The van der Waals surface area contributed by atoms with Crippen LogP contribution in [-0.2, 0) is 19.5 Å². The van der Waals surface area contributed by atoms with Crippen LogP contribution in [0.4, 0.5) is 0 Å². The molecule has 2 heterocycles. The predicted molar refractivity (Wildman–Crippen MR) is 83.0 cm³/mol. The van der Waals surface area contributed by atoms with E-state index >= 15 is 0 Å². The van der Waals surface area contributed by atoms with Crippen LogP contribution in [0, 0.1) is 6.92 Å². The minimum atomic E-state index is 0.831. The van der Waals surface area contributed by atoms with Crippen LogP contribution in [0.15, 0.2) is 34.2 Å². The molecule has 2 aromatic heterocycles. The predicted octanol–water partition coefficient (Wildman–Crippen LogP) is 4.05. The van der Waals surface area contributed by atoms with Crippen molar-refractivity contribution in [3.05, 3.63) is 51.7 Å². The zero-order chi connectivity index (χ0) is 13.9. The first kappa shape index (κ1) is 13.3. The van der Waals surface area contributed by atoms with Gasteiger partial charge in [-0.25, -0.2) is 4.98 Å². The first-order valence-electron chi connectivity index (χ1n) is 6.88. The van der Waals surface area contributed by atoms with Gasteiger partial charge in [-0.2, -0.15) is 0 Å². The van der Waals surface area contributed by atoms with Crippen molar-refractivity contribution in [2.45, 2.75) is 33.4 Å². The highest BCUT2D eigenvalue weighted by atomic mass is 32.1. The van der Waals surface area contributed by atoms with Gasteiger partial charge in [0.25, 0.3) is 0 Å². The van der Waals surface area contributed by atoms with E-state index in [0.717, 1.165) is 36.5 Å². The smallest absolute Gasteiger partial charge is 0.134 e. The number of para-hydroxylation sites is 1. The molecule has 3 rings (SSSR count). The molecule has 0 saturated carbocycles. The molecule has 0 aliphatic rings. The highest BCUT2D eigenvalue weighted by molar-refractivity contribution is 7.09. The van der Waals surface area contributed by atoms with Crippen LogP contribution < -0.4 is 5.32 Å². The maximum Gasteiger partial charge on any atom is 0.134 e. The quantitative estimate of drug-likeness (QED) is 0.769. The summed E-state index contributed by atoms with van der Waals surface area (Å²) in [5.41, 5.74) is 5.28. The lowest BCUT2D eigenvalue weighted by atomic mass is 10.1. The topological polar surface area (TPSA) is 38.1 Å². The Morgan fingerprint density at radius 1 is 1.25 bits per heavy atom. The van der Waals surface area contributed by atoms with Crippen molar-refractivity contribution < 1.29 is 4.42 Å². The van der Waals surface area contributed by atoms with Gasteiger partial charge in [0.05, 0.1) is 11.2 Å². The van der Waals surface area contributed by atoms with Gasteiger partial charge in [-0.3, -0.25) is 0 Å². The normalized spacial score (nSPS) is 11.3. The van der Waals surface area contributed by atoms with E-state index in [4.69, 9.17) is 4.42 Å². The Bertz CT molecular complexity index is 714. The molecule has 0 unspecified atom stereocenters. The van der Waals surface area contributed by atoms with Gasteiger partial charge in [-0.15, -0.1) is 11.3 Å². The summed E-state index contributed by atoms with van der Waals surface area (Å²) in [7, 11) is 0. The summed E-state index contributed by atoms with van der Waals surface area (Å²) in [5.74, 6) is 1.08. The van der Waals surface area contributed by atoms with Gasteiger partial charge < -0.3 is 9.73 Å². The molecular formula is C16H18N2OS. The molecule has 0 aliphatic heterocycles. The van der Waals surface area contributed by atoms with Crippen LogP contribution in [0.25, 0.3) is 11.0 Å². The minimum Gasteiger partial charge on any atom is -0.461 e. The first-order chi connectivity index (χ1) is 9.79. The van der Waals surface area contributed by atoms with Gasteiger partial charge >= 0.3 is 0 Å². The van der Waals surface area contributed by atoms with E-state index in [2.05, 4.69) is 36.3 Å². The molecule has 4 heteroatoms. The molecule has 1 N–H and O–H groups in total. The Labute approximate surface area is 122 Å². The number of benzene rings is 1. The molecule has 1 aromatic carbocycles. The SMILES string of the molecule is CCc1oc2ccccc2c1CNCc1scnc1C. The van der Waals surface area contributed by atoms with E-state index in [1.807, 2.05) is 17.6 Å². The third-order valence-corrected chi connectivity index (χ3v) is 4.47. The van der Waals surface area contributed by atoms with E-state index in [1.54, 1.807) is 11.3 Å². The molecule has 3 aromatic rings. The fourth-order valence-electron chi connectivity index (χ4n) is 2.43. The lowest BCUT2D eigenvalue weighted by Crippen LogP contribution is -2.13. The fourth-order valence-corrected chi connectivity index (χ4v) is 3.17. The van der Waals surface area contributed by atoms with Crippen LogP contribution in [0.2, 0.25) is 0 Å². The van der Waals surface area contributed by atoms with Crippen LogP contribution >= 0.6 is 11.3 Å². The minimum absolute atomic E-state index is 0.831. The molecule has 0 saturated heterocycles. The average Bonchev–Trinajstić information content (AvgIpc) is 3.03. The number of hydrogen-bond donors (Lipinski definition) is 1. The van der Waals surface area contributed by atoms with Crippen LogP contribution in [0.5, 0.6) is 0 Å². The molecule has 104 valence electrons. The summed E-state index contributed by atoms with van der Waals surface area (Å²) in [5, 5.41) is 4.73. The van der Waals surface area contributed by atoms with Gasteiger partial charge in [0.2, 0.25) is 0 Å². The van der Waals surface area contributed by atoms with E-state index < -0.39 is 0 Å². The Kier molecular flexibility index (Phi) is 3.85. The van der Waals surface area contributed by atoms with Crippen LogP contribution in [0.3, 0.4) is 0 Å². The van der Waals surface area contributed by atoms with Gasteiger partial charge in [-0.05, 0) is 13.0 Å². The molecule has 0 bridgehead atoms. The van der Waals surface area contributed by atoms with Gasteiger partial charge in [0.15, 0.2) is 0 Å². The molecule has 0 radical (unpaired) electrons. The van der Waals surface area contributed by atoms with E-state index in [9.17, 15) is 0 Å². The summed E-state index contributed by atoms with van der Waals surface area (Å²) in [6.07, 6.45) is 0.922. The second kappa shape index (κ2) is 5.77. The lowest BCUT2D eigenvalue weighted by Gasteiger charge is -2.04. The molecule has 20 heavy (non-hydrogen) atoms. The largest absolute Gasteiger partial charge is 0.461 e. The number of nitrogens with zero attached hydrogens (tertiary/aromatic N) is 1. The maximum atomic E-state index is 5.91. The van der Waals surface area contributed by atoms with Crippen molar-refractivity contribution in [2.75, 3.05) is 0 Å². The number of rotatable bonds is 5. The number of aromatic nitrogens is 1. The van der Waals surface area contributed by atoms with Crippen LogP contribution in [-0.4, -0.2) is 4.98 Å². The molecule has 0 atom stereocenters. The zero-order valence-corrected chi connectivity index (χ0v) is 12.6. The van der Waals surface area contributed by atoms with Crippen molar-refractivity contribution >= 4 is 22.3 Å². The second-order valence-corrected chi connectivity index (χ2v) is 5.76. The van der Waals surface area contributed by atoms with E-state index in [1.165, 1.54) is 15.8 Å². The van der Waals surface area contributed by atoms with Crippen molar-refractivity contribution in [3.8, 4) is 0 Å². The summed E-state index contributed by atoms with van der Waals surface area (Å²) < 4.78 is 5.91. The van der Waals surface area contributed by atoms with E-state index in [0.29, 0.717) is 0 Å². The Hall–Kier alpha value is -1.65. The van der Waals surface area contributed by atoms with Gasteiger partial charge in [-0.1, -0.05) is 25.1 Å². The molecule has 0 aliphatic carbocycles. The highest BCUT2D eigenvalue weighted by Gasteiger charge is 2.12. The first-order valence-corrected chi connectivity index (χ1v) is 7.76. The number of nitrogens with one attached hydrogen (secondary N) is 1. The second-order valence-electron chi connectivity index (χ2n) is 4.82. The summed E-state index contributed by atoms with van der Waals surface area (Å²) in [6, 6.07) is 8.25. The number of aryl methyl sites for hydroxylation is 2. The molecule has 0 fully saturated rings. The fraction of sp³-hybridized carbons (Fsp3) is 0.312. The van der Waals surface area contributed by atoms with Crippen molar-refractivity contribution in [1.29, 1.82) is 0 Å². The molecule has 0 spiro atoms. The van der Waals surface area contributed by atoms with Crippen molar-refractivity contribution in [1.82, 2.24) is 10.3 Å². The summed E-state index contributed by atoms with van der Waals surface area (Å²) in [6.45, 7) is 5.88. The molecule has 0 amide bonds. The number of thiazole rings is 1. The Balaban J connectivity index is 1.78. The van der Waals surface area contributed by atoms with Crippen LogP contribution in [0.1, 0.15) is 28.8 Å². The Morgan fingerprint density at radius 2 is 2.10 bits per heavy atom. The third-order valence-electron chi connectivity index (χ3n) is 3.54. The highest BCUT2D eigenvalue weighted by Crippen LogP contribution is 2.26. The third kappa shape index (κ3) is 2.49. The number of fused-ring (bicyclic) bond motifs is 1. The van der Waals surface area contributed by atoms with Gasteiger partial charge in [0.1, 0.15) is 11.3 Å². The van der Waals surface area contributed by atoms with Crippen molar-refractivity contribution in [3.63, 3.8) is 0 Å². The summed E-state index contributed by atoms with van der Waals surface area (Å²) >= 11 is 1.70. The number of hydrogen-bond acceptors (Lipinski definition) is 4. The molecule has 3 nitrogen and oxygen atoms in total. The Morgan fingerprint density at radius 3 is 2.85 bits per heavy atom. The number of furan rings is 1. The van der Waals surface area contributed by atoms with Crippen molar-refractivity contribution in [2.24, 2.45) is 0 Å². The monoisotopic (exact) mass is 286 g/mol. The molecular weight excluding hydrogens is 268 g/mol. The average molecular weight is 286 g/mol. The summed E-state index contributed by atoms with van der Waals surface area (Å²) in [4.78, 5) is 5.58.